The summed E-state index contributed by atoms with van der Waals surface area (Å²) in [7, 11) is 0. The lowest BCUT2D eigenvalue weighted by Gasteiger charge is -2.10. The molecule has 0 bridgehead atoms. The molecule has 3 aromatic carbocycles. The average Bonchev–Trinajstić information content (AvgIpc) is 2.80. The van der Waals surface area contributed by atoms with Gasteiger partial charge in [0, 0.05) is 5.39 Å². The van der Waals surface area contributed by atoms with Crippen molar-refractivity contribution in [3.63, 3.8) is 0 Å². The molecule has 1 N–H and O–H groups in total. The van der Waals surface area contributed by atoms with E-state index in [1.165, 1.54) is 16.8 Å². The monoisotopic (exact) mass is 414 g/mol. The predicted molar refractivity (Wildman–Crippen MR) is 118 cm³/mol. The van der Waals surface area contributed by atoms with Gasteiger partial charge in [0.2, 0.25) is 0 Å². The zero-order chi connectivity index (χ0) is 21.8. The van der Waals surface area contributed by atoms with Crippen LogP contribution in [-0.4, -0.2) is 21.4 Å². The first-order valence-electron chi connectivity index (χ1n) is 9.67. The van der Waals surface area contributed by atoms with E-state index >= 15 is 0 Å². The molecule has 0 spiro atoms. The topological polar surface area (TPSA) is 76.3 Å². The molecule has 1 heterocycles. The molecule has 0 fully saturated rings. The third-order valence-corrected chi connectivity index (χ3v) is 4.85. The molecule has 0 saturated heterocycles. The van der Waals surface area contributed by atoms with Crippen LogP contribution in [-0.2, 0) is 6.54 Å². The Kier molecular flexibility index (Phi) is 5.66. The Morgan fingerprint density at radius 3 is 2.32 bits per heavy atom. The van der Waals surface area contributed by atoms with E-state index < -0.39 is 5.91 Å². The number of carbonyl (C=O) groups excluding carboxylic acids is 1. The molecule has 7 heteroatoms. The Hall–Kier alpha value is -4.13. The highest BCUT2D eigenvalue weighted by atomic mass is 19.1. The van der Waals surface area contributed by atoms with Crippen molar-refractivity contribution in [2.45, 2.75) is 13.5 Å². The minimum atomic E-state index is -0.542. The van der Waals surface area contributed by atoms with Crippen molar-refractivity contribution in [3.8, 4) is 0 Å². The maximum Gasteiger partial charge on any atom is 0.292 e. The molecule has 0 unspecified atom stereocenters. The summed E-state index contributed by atoms with van der Waals surface area (Å²) in [5.74, 6) is -0.892. The van der Waals surface area contributed by atoms with Gasteiger partial charge in [-0.05, 0) is 36.2 Å². The molecular formula is C24H19FN4O2. The van der Waals surface area contributed by atoms with Gasteiger partial charge in [0.15, 0.2) is 5.69 Å². The third-order valence-electron chi connectivity index (χ3n) is 4.85. The molecule has 4 aromatic rings. The van der Waals surface area contributed by atoms with Crippen LogP contribution in [0.4, 0.5) is 4.39 Å². The van der Waals surface area contributed by atoms with E-state index in [2.05, 4.69) is 15.6 Å². The van der Waals surface area contributed by atoms with E-state index in [0.29, 0.717) is 22.0 Å². The second kappa shape index (κ2) is 8.71. The SMILES string of the molecule is C/C(=N/NC(=O)c1nn(Cc2ccccc2)c(=O)c2ccccc12)c1ccc(F)cc1. The lowest BCUT2D eigenvalue weighted by atomic mass is 10.1. The first kappa shape index (κ1) is 20.2. The van der Waals surface area contributed by atoms with Crippen LogP contribution in [0, 0.1) is 5.82 Å². The van der Waals surface area contributed by atoms with Gasteiger partial charge in [-0.3, -0.25) is 9.59 Å². The zero-order valence-electron chi connectivity index (χ0n) is 16.7. The summed E-state index contributed by atoms with van der Waals surface area (Å²) in [6.45, 7) is 1.94. The predicted octanol–water partition coefficient (Wildman–Crippen LogP) is 3.74. The molecule has 4 rings (SSSR count). The van der Waals surface area contributed by atoms with Crippen molar-refractivity contribution in [3.05, 3.63) is 112 Å². The molecule has 154 valence electrons. The number of hydrazone groups is 1. The van der Waals surface area contributed by atoms with Gasteiger partial charge in [-0.25, -0.2) is 14.5 Å². The highest BCUT2D eigenvalue weighted by molar-refractivity contribution is 6.06. The summed E-state index contributed by atoms with van der Waals surface area (Å²) < 4.78 is 14.4. The fourth-order valence-electron chi connectivity index (χ4n) is 3.21. The second-order valence-corrected chi connectivity index (χ2v) is 6.99. The van der Waals surface area contributed by atoms with Crippen molar-refractivity contribution in [2.24, 2.45) is 5.10 Å². The van der Waals surface area contributed by atoms with E-state index in [4.69, 9.17) is 0 Å². The number of hydrogen-bond acceptors (Lipinski definition) is 4. The van der Waals surface area contributed by atoms with Gasteiger partial charge < -0.3 is 0 Å². The molecule has 0 aliphatic rings. The van der Waals surface area contributed by atoms with Crippen molar-refractivity contribution in [1.82, 2.24) is 15.2 Å². The first-order chi connectivity index (χ1) is 15.0. The summed E-state index contributed by atoms with van der Waals surface area (Å²) in [6.07, 6.45) is 0. The maximum atomic E-state index is 13.1. The van der Waals surface area contributed by atoms with Crippen LogP contribution in [0.2, 0.25) is 0 Å². The van der Waals surface area contributed by atoms with Crippen molar-refractivity contribution in [2.75, 3.05) is 0 Å². The summed E-state index contributed by atoms with van der Waals surface area (Å²) >= 11 is 0. The van der Waals surface area contributed by atoms with Gasteiger partial charge in [0.1, 0.15) is 5.82 Å². The van der Waals surface area contributed by atoms with Gasteiger partial charge in [-0.15, -0.1) is 0 Å². The molecule has 0 saturated carbocycles. The molecule has 1 amide bonds. The fraction of sp³-hybridized carbons (Fsp3) is 0.0833. The Labute approximate surface area is 177 Å². The molecule has 6 nitrogen and oxygen atoms in total. The maximum absolute atomic E-state index is 13.1. The number of aromatic nitrogens is 2. The lowest BCUT2D eigenvalue weighted by molar-refractivity contribution is 0.0949. The summed E-state index contributed by atoms with van der Waals surface area (Å²) in [6, 6.07) is 22.1. The van der Waals surface area contributed by atoms with Crippen molar-refractivity contribution >= 4 is 22.4 Å². The molecule has 0 atom stereocenters. The smallest absolute Gasteiger partial charge is 0.267 e. The van der Waals surface area contributed by atoms with Gasteiger partial charge in [-0.1, -0.05) is 60.7 Å². The van der Waals surface area contributed by atoms with Crippen molar-refractivity contribution in [1.29, 1.82) is 0 Å². The zero-order valence-corrected chi connectivity index (χ0v) is 16.7. The van der Waals surface area contributed by atoms with Crippen LogP contribution in [0.15, 0.2) is 88.8 Å². The summed E-state index contributed by atoms with van der Waals surface area (Å²) in [5, 5.41) is 9.29. The molecule has 31 heavy (non-hydrogen) atoms. The van der Waals surface area contributed by atoms with Crippen LogP contribution in [0.5, 0.6) is 0 Å². The second-order valence-electron chi connectivity index (χ2n) is 6.99. The molecule has 1 aromatic heterocycles. The van der Waals surface area contributed by atoms with Crippen LogP contribution in [0.3, 0.4) is 0 Å². The number of halogens is 1. The molecule has 0 aliphatic heterocycles. The number of benzene rings is 3. The van der Waals surface area contributed by atoms with Crippen LogP contribution >= 0.6 is 0 Å². The Morgan fingerprint density at radius 1 is 0.968 bits per heavy atom. The standard InChI is InChI=1S/C24H19FN4O2/c1-16(18-11-13-19(25)14-12-18)26-27-23(30)22-20-9-5-6-10-21(20)24(31)29(28-22)15-17-7-3-2-4-8-17/h2-14H,15H2,1H3,(H,27,30)/b26-16-. The van der Waals surface area contributed by atoms with Gasteiger partial charge in [0.05, 0.1) is 17.6 Å². The number of carbonyl (C=O) groups is 1. The molecule has 0 aliphatic carbocycles. The van der Waals surface area contributed by atoms with Crippen LogP contribution < -0.4 is 11.0 Å². The normalized spacial score (nSPS) is 11.5. The van der Waals surface area contributed by atoms with E-state index in [9.17, 15) is 14.0 Å². The minimum absolute atomic E-state index is 0.0989. The highest BCUT2D eigenvalue weighted by Gasteiger charge is 2.16. The largest absolute Gasteiger partial charge is 0.292 e. The third kappa shape index (κ3) is 4.40. The average molecular weight is 414 g/mol. The Morgan fingerprint density at radius 2 is 1.61 bits per heavy atom. The van der Waals surface area contributed by atoms with E-state index in [1.807, 2.05) is 30.3 Å². The van der Waals surface area contributed by atoms with Crippen LogP contribution in [0.25, 0.3) is 10.8 Å². The fourth-order valence-corrected chi connectivity index (χ4v) is 3.21. The van der Waals surface area contributed by atoms with E-state index in [-0.39, 0.29) is 23.6 Å². The number of fused-ring (bicyclic) bond motifs is 1. The van der Waals surface area contributed by atoms with Crippen molar-refractivity contribution < 1.29 is 9.18 Å². The number of nitrogens with zero attached hydrogens (tertiary/aromatic N) is 3. The highest BCUT2D eigenvalue weighted by Crippen LogP contribution is 2.14. The summed E-state index contributed by atoms with van der Waals surface area (Å²) in [5.41, 5.74) is 4.39. The quantitative estimate of drug-likeness (QED) is 0.399. The Bertz CT molecular complexity index is 1330. The lowest BCUT2D eigenvalue weighted by Crippen LogP contribution is -2.29. The van der Waals surface area contributed by atoms with E-state index in [1.54, 1.807) is 43.3 Å². The number of amides is 1. The van der Waals surface area contributed by atoms with Crippen LogP contribution in [0.1, 0.15) is 28.5 Å². The van der Waals surface area contributed by atoms with Gasteiger partial charge in [0.25, 0.3) is 11.5 Å². The first-order valence-corrected chi connectivity index (χ1v) is 9.67. The number of rotatable bonds is 5. The number of hydrogen-bond donors (Lipinski definition) is 1. The van der Waals surface area contributed by atoms with Gasteiger partial charge in [-0.2, -0.15) is 10.2 Å². The summed E-state index contributed by atoms with van der Waals surface area (Å²) in [4.78, 5) is 25.8. The van der Waals surface area contributed by atoms with Gasteiger partial charge >= 0.3 is 0 Å². The molecular weight excluding hydrogens is 395 g/mol. The minimum Gasteiger partial charge on any atom is -0.267 e. The number of nitrogens with one attached hydrogen (secondary N) is 1. The Balaban J connectivity index is 1.69. The molecule has 0 radical (unpaired) electrons. The van der Waals surface area contributed by atoms with E-state index in [0.717, 1.165) is 5.56 Å².